The molecule has 0 unspecified atom stereocenters. The molecule has 0 heterocycles. The summed E-state index contributed by atoms with van der Waals surface area (Å²) < 4.78 is 17.2. The molecule has 0 saturated heterocycles. The zero-order valence-electron chi connectivity index (χ0n) is 7.46. The van der Waals surface area contributed by atoms with E-state index in [0.29, 0.717) is 11.9 Å². The molecule has 70 valence electrons. The molecular weight excluding hydrogens is 169 g/mol. The molecule has 0 aliphatic heterocycles. The molecule has 0 radical (unpaired) electrons. The number of rotatable bonds is 3. The van der Waals surface area contributed by atoms with Gasteiger partial charge in [-0.1, -0.05) is 12.1 Å². The summed E-state index contributed by atoms with van der Waals surface area (Å²) in [6, 6.07) is 7.09. The van der Waals surface area contributed by atoms with Gasteiger partial charge < -0.3 is 10.5 Å². The van der Waals surface area contributed by atoms with Crippen LogP contribution in [-0.4, -0.2) is 13.7 Å². The van der Waals surface area contributed by atoms with Crippen LogP contribution in [0.5, 0.6) is 5.75 Å². The van der Waals surface area contributed by atoms with Gasteiger partial charge in [-0.05, 0) is 17.7 Å². The van der Waals surface area contributed by atoms with Gasteiger partial charge in [0.1, 0.15) is 5.75 Å². The molecule has 1 aromatic carbocycles. The Kier molecular flexibility index (Phi) is 3.46. The topological polar surface area (TPSA) is 35.2 Å². The first-order valence-corrected chi connectivity index (χ1v) is 3.95. The van der Waals surface area contributed by atoms with Crippen molar-refractivity contribution in [2.75, 3.05) is 13.7 Å². The van der Waals surface area contributed by atoms with Gasteiger partial charge in [0.2, 0.25) is 0 Å². The lowest BCUT2D eigenvalue weighted by Gasteiger charge is -2.03. The van der Waals surface area contributed by atoms with E-state index in [1.54, 1.807) is 31.4 Å². The lowest BCUT2D eigenvalue weighted by Crippen LogP contribution is -2.01. The minimum atomic E-state index is 0.197. The van der Waals surface area contributed by atoms with E-state index in [1.165, 1.54) is 0 Å². The molecule has 2 N–H and O–H groups in total. The van der Waals surface area contributed by atoms with Crippen molar-refractivity contribution >= 4 is 5.57 Å². The predicted molar refractivity (Wildman–Crippen MR) is 51.1 cm³/mol. The fourth-order valence-corrected chi connectivity index (χ4v) is 1.03. The van der Waals surface area contributed by atoms with E-state index in [1.807, 2.05) is 0 Å². The van der Waals surface area contributed by atoms with Gasteiger partial charge in [-0.2, -0.15) is 0 Å². The van der Waals surface area contributed by atoms with Gasteiger partial charge in [-0.15, -0.1) is 0 Å². The van der Waals surface area contributed by atoms with Crippen LogP contribution in [-0.2, 0) is 0 Å². The lowest BCUT2D eigenvalue weighted by molar-refractivity contribution is 0.415. The monoisotopic (exact) mass is 181 g/mol. The maximum atomic E-state index is 12.3. The van der Waals surface area contributed by atoms with E-state index >= 15 is 0 Å². The molecule has 0 amide bonds. The van der Waals surface area contributed by atoms with Crippen molar-refractivity contribution in [2.45, 2.75) is 0 Å². The van der Waals surface area contributed by atoms with Crippen molar-refractivity contribution in [3.63, 3.8) is 0 Å². The van der Waals surface area contributed by atoms with Gasteiger partial charge in [0.25, 0.3) is 0 Å². The van der Waals surface area contributed by atoms with Crippen molar-refractivity contribution in [2.24, 2.45) is 5.73 Å². The molecule has 0 bridgehead atoms. The zero-order chi connectivity index (χ0) is 9.68. The van der Waals surface area contributed by atoms with Crippen LogP contribution in [0, 0.1) is 0 Å². The predicted octanol–water partition coefficient (Wildman–Crippen LogP) is 1.96. The van der Waals surface area contributed by atoms with Crippen molar-refractivity contribution in [3.8, 4) is 5.75 Å². The summed E-state index contributed by atoms with van der Waals surface area (Å²) in [5.41, 5.74) is 6.62. The Bertz CT molecular complexity index is 292. The first kappa shape index (κ1) is 9.74. The van der Waals surface area contributed by atoms with Gasteiger partial charge in [0.15, 0.2) is 0 Å². The third kappa shape index (κ3) is 2.29. The van der Waals surface area contributed by atoms with Crippen molar-refractivity contribution in [3.05, 3.63) is 36.2 Å². The molecule has 0 aromatic heterocycles. The SMILES string of the molecule is COc1ccc(C(=CF)CN)cc1. The number of ether oxygens (including phenoxy) is 1. The van der Waals surface area contributed by atoms with Gasteiger partial charge >= 0.3 is 0 Å². The second-order valence-corrected chi connectivity index (χ2v) is 2.57. The van der Waals surface area contributed by atoms with Gasteiger partial charge in [-0.3, -0.25) is 0 Å². The number of nitrogens with two attached hydrogens (primary N) is 1. The number of hydrogen-bond acceptors (Lipinski definition) is 2. The van der Waals surface area contributed by atoms with Crippen LogP contribution < -0.4 is 10.5 Å². The summed E-state index contributed by atoms with van der Waals surface area (Å²) in [5, 5.41) is 0. The van der Waals surface area contributed by atoms with Crippen LogP contribution in [0.25, 0.3) is 5.57 Å². The summed E-state index contributed by atoms with van der Waals surface area (Å²) in [6.07, 6.45) is 0.530. The zero-order valence-corrected chi connectivity index (χ0v) is 7.46. The summed E-state index contributed by atoms with van der Waals surface area (Å²) in [6.45, 7) is 0.197. The largest absolute Gasteiger partial charge is 0.497 e. The first-order valence-electron chi connectivity index (χ1n) is 3.95. The Morgan fingerprint density at radius 3 is 2.46 bits per heavy atom. The molecule has 0 aliphatic rings. The van der Waals surface area contributed by atoms with E-state index in [2.05, 4.69) is 0 Å². The average Bonchev–Trinajstić information content (AvgIpc) is 2.21. The maximum absolute atomic E-state index is 12.3. The summed E-state index contributed by atoms with van der Waals surface area (Å²) in [4.78, 5) is 0. The Morgan fingerprint density at radius 1 is 1.46 bits per heavy atom. The summed E-state index contributed by atoms with van der Waals surface area (Å²) >= 11 is 0. The van der Waals surface area contributed by atoms with Crippen molar-refractivity contribution in [1.29, 1.82) is 0 Å². The molecular formula is C10H12FNO. The summed E-state index contributed by atoms with van der Waals surface area (Å²) in [5.74, 6) is 0.749. The van der Waals surface area contributed by atoms with Crippen LogP contribution in [0.15, 0.2) is 30.6 Å². The van der Waals surface area contributed by atoms with Crippen LogP contribution >= 0.6 is 0 Å². The van der Waals surface area contributed by atoms with Gasteiger partial charge in [0, 0.05) is 12.1 Å². The smallest absolute Gasteiger partial charge is 0.118 e. The van der Waals surface area contributed by atoms with Crippen LogP contribution in [0.4, 0.5) is 4.39 Å². The molecule has 0 aliphatic carbocycles. The Morgan fingerprint density at radius 2 is 2.08 bits per heavy atom. The van der Waals surface area contributed by atoms with Crippen LogP contribution in [0.3, 0.4) is 0 Å². The number of hydrogen-bond donors (Lipinski definition) is 1. The molecule has 1 aromatic rings. The highest BCUT2D eigenvalue weighted by Gasteiger charge is 1.99. The molecule has 0 atom stereocenters. The fourth-order valence-electron chi connectivity index (χ4n) is 1.03. The standard InChI is InChI=1S/C10H12FNO/c1-13-10-4-2-8(3-5-10)9(6-11)7-12/h2-6H,7,12H2,1H3. The second-order valence-electron chi connectivity index (χ2n) is 2.57. The van der Waals surface area contributed by atoms with E-state index < -0.39 is 0 Å². The van der Waals surface area contributed by atoms with Gasteiger partial charge in [-0.25, -0.2) is 4.39 Å². The molecule has 0 spiro atoms. The molecule has 0 saturated carbocycles. The fraction of sp³-hybridized carbons (Fsp3) is 0.200. The molecule has 13 heavy (non-hydrogen) atoms. The molecule has 1 rings (SSSR count). The van der Waals surface area contributed by atoms with E-state index in [-0.39, 0.29) is 6.54 Å². The van der Waals surface area contributed by atoms with Crippen LogP contribution in [0.2, 0.25) is 0 Å². The third-order valence-electron chi connectivity index (χ3n) is 1.81. The first-order chi connectivity index (χ1) is 6.31. The van der Waals surface area contributed by atoms with E-state index in [9.17, 15) is 4.39 Å². The quantitative estimate of drug-likeness (QED) is 0.773. The average molecular weight is 181 g/mol. The highest BCUT2D eigenvalue weighted by atomic mass is 19.1. The van der Waals surface area contributed by atoms with Gasteiger partial charge in [0.05, 0.1) is 13.4 Å². The number of methoxy groups -OCH3 is 1. The second kappa shape index (κ2) is 4.62. The third-order valence-corrected chi connectivity index (χ3v) is 1.81. The molecule has 0 fully saturated rings. The molecule has 3 heteroatoms. The maximum Gasteiger partial charge on any atom is 0.118 e. The summed E-state index contributed by atoms with van der Waals surface area (Å²) in [7, 11) is 1.59. The lowest BCUT2D eigenvalue weighted by atomic mass is 10.1. The highest BCUT2D eigenvalue weighted by molar-refractivity contribution is 5.66. The Labute approximate surface area is 76.8 Å². The number of halogens is 1. The normalized spacial score (nSPS) is 11.5. The van der Waals surface area contributed by atoms with Crippen molar-refractivity contribution in [1.82, 2.24) is 0 Å². The van der Waals surface area contributed by atoms with E-state index in [4.69, 9.17) is 10.5 Å². The molecule has 2 nitrogen and oxygen atoms in total. The minimum absolute atomic E-state index is 0.197. The number of benzene rings is 1. The highest BCUT2D eigenvalue weighted by Crippen LogP contribution is 2.17. The Hall–Kier alpha value is -1.35. The van der Waals surface area contributed by atoms with Crippen LogP contribution in [0.1, 0.15) is 5.56 Å². The Balaban J connectivity index is 2.91. The van der Waals surface area contributed by atoms with E-state index in [0.717, 1.165) is 11.3 Å². The minimum Gasteiger partial charge on any atom is -0.497 e. The van der Waals surface area contributed by atoms with Crippen molar-refractivity contribution < 1.29 is 9.13 Å².